The predicted molar refractivity (Wildman–Crippen MR) is 121 cm³/mol. The van der Waals surface area contributed by atoms with Crippen LogP contribution in [0.4, 0.5) is 0 Å². The normalized spacial score (nSPS) is 13.2. The third kappa shape index (κ3) is 3.32. The highest BCUT2D eigenvalue weighted by Crippen LogP contribution is 2.24. The minimum atomic E-state index is -0.659. The van der Waals surface area contributed by atoms with E-state index in [0.29, 0.717) is 35.1 Å². The van der Waals surface area contributed by atoms with Crippen LogP contribution >= 0.6 is 0 Å². The van der Waals surface area contributed by atoms with Gasteiger partial charge in [-0.05, 0) is 36.6 Å². The van der Waals surface area contributed by atoms with Crippen molar-refractivity contribution >= 4 is 33.7 Å². The van der Waals surface area contributed by atoms with Gasteiger partial charge in [0.1, 0.15) is 5.56 Å². The molecule has 4 aromatic rings. The average Bonchev–Trinajstić information content (AvgIpc) is 2.83. The van der Waals surface area contributed by atoms with E-state index in [1.807, 2.05) is 17.0 Å². The number of aromatic nitrogens is 2. The number of pyridine rings is 2. The summed E-state index contributed by atoms with van der Waals surface area (Å²) in [6.45, 7) is 3.12. The number of hydrogen-bond donors (Lipinski definition) is 1. The van der Waals surface area contributed by atoms with Crippen LogP contribution in [0.3, 0.4) is 0 Å². The lowest BCUT2D eigenvalue weighted by molar-refractivity contribution is 0.0524. The molecule has 0 saturated heterocycles. The summed E-state index contributed by atoms with van der Waals surface area (Å²) < 4.78 is 4.95. The molecule has 0 aliphatic carbocycles. The fourth-order valence-corrected chi connectivity index (χ4v) is 4.22. The second kappa shape index (κ2) is 7.92. The van der Waals surface area contributed by atoms with Gasteiger partial charge >= 0.3 is 5.97 Å². The molecule has 0 radical (unpaired) electrons. The Morgan fingerprint density at radius 3 is 2.78 bits per heavy atom. The average molecular weight is 427 g/mol. The van der Waals surface area contributed by atoms with E-state index >= 15 is 0 Å². The van der Waals surface area contributed by atoms with E-state index in [1.165, 1.54) is 17.3 Å². The lowest BCUT2D eigenvalue weighted by Crippen LogP contribution is -2.36. The molecular formula is C25H21N3O4. The van der Waals surface area contributed by atoms with Gasteiger partial charge < -0.3 is 14.6 Å². The van der Waals surface area contributed by atoms with Gasteiger partial charge in [0.15, 0.2) is 0 Å². The summed E-state index contributed by atoms with van der Waals surface area (Å²) in [5.41, 5.74) is 3.58. The number of nitrogens with zero attached hydrogens (tertiary/aromatic N) is 2. The first kappa shape index (κ1) is 19.9. The van der Waals surface area contributed by atoms with E-state index in [0.717, 1.165) is 11.8 Å². The van der Waals surface area contributed by atoms with Crippen molar-refractivity contribution < 1.29 is 14.3 Å². The Morgan fingerprint density at radius 1 is 1.16 bits per heavy atom. The van der Waals surface area contributed by atoms with E-state index < -0.39 is 11.4 Å². The lowest BCUT2D eigenvalue weighted by Gasteiger charge is -2.28. The van der Waals surface area contributed by atoms with E-state index in [2.05, 4.69) is 22.1 Å². The number of rotatable bonds is 3. The van der Waals surface area contributed by atoms with Crippen LogP contribution < -0.4 is 5.43 Å². The van der Waals surface area contributed by atoms with Crippen LogP contribution in [0.5, 0.6) is 0 Å². The quantitative estimate of drug-likeness (QED) is 0.399. The van der Waals surface area contributed by atoms with Crippen molar-refractivity contribution in [2.24, 2.45) is 0 Å². The third-order valence-electron chi connectivity index (χ3n) is 5.86. The van der Waals surface area contributed by atoms with E-state index in [9.17, 15) is 14.4 Å². The molecule has 32 heavy (non-hydrogen) atoms. The number of hydrogen-bond acceptors (Lipinski definition) is 5. The topological polar surface area (TPSA) is 92.4 Å². The molecule has 0 atom stereocenters. The van der Waals surface area contributed by atoms with Crippen LogP contribution in [0.2, 0.25) is 0 Å². The number of amides is 1. The van der Waals surface area contributed by atoms with Gasteiger partial charge in [0.2, 0.25) is 5.43 Å². The summed E-state index contributed by atoms with van der Waals surface area (Å²) in [6.07, 6.45) is 3.73. The van der Waals surface area contributed by atoms with Crippen LogP contribution in [0.25, 0.3) is 21.8 Å². The molecule has 2 aromatic heterocycles. The highest BCUT2D eigenvalue weighted by Gasteiger charge is 2.22. The Morgan fingerprint density at radius 2 is 1.97 bits per heavy atom. The number of nitrogens with one attached hydrogen (secondary N) is 1. The summed E-state index contributed by atoms with van der Waals surface area (Å²) in [5, 5.41) is 1.09. The molecule has 0 bridgehead atoms. The van der Waals surface area contributed by atoms with Crippen molar-refractivity contribution in [1.29, 1.82) is 0 Å². The van der Waals surface area contributed by atoms with E-state index in [1.54, 1.807) is 31.3 Å². The molecule has 5 rings (SSSR count). The van der Waals surface area contributed by atoms with Gasteiger partial charge in [0.05, 0.1) is 23.2 Å². The molecule has 160 valence electrons. The number of aromatic amines is 1. The van der Waals surface area contributed by atoms with Crippen LogP contribution in [0.1, 0.15) is 38.8 Å². The monoisotopic (exact) mass is 427 g/mol. The zero-order chi connectivity index (χ0) is 22.2. The Kier molecular flexibility index (Phi) is 4.93. The van der Waals surface area contributed by atoms with Crippen LogP contribution in [0, 0.1) is 0 Å². The van der Waals surface area contributed by atoms with Crippen molar-refractivity contribution in [3.05, 3.63) is 87.3 Å². The summed E-state index contributed by atoms with van der Waals surface area (Å²) >= 11 is 0. The van der Waals surface area contributed by atoms with Crippen molar-refractivity contribution in [2.45, 2.75) is 19.9 Å². The van der Waals surface area contributed by atoms with Gasteiger partial charge in [-0.15, -0.1) is 0 Å². The molecule has 1 amide bonds. The van der Waals surface area contributed by atoms with Gasteiger partial charge in [-0.1, -0.05) is 30.3 Å². The van der Waals surface area contributed by atoms with Gasteiger partial charge in [-0.2, -0.15) is 0 Å². The van der Waals surface area contributed by atoms with Gasteiger partial charge in [-0.25, -0.2) is 4.79 Å². The lowest BCUT2D eigenvalue weighted by atomic mass is 9.99. The molecule has 1 N–H and O–H groups in total. The minimum Gasteiger partial charge on any atom is -0.462 e. The van der Waals surface area contributed by atoms with E-state index in [4.69, 9.17) is 4.74 Å². The van der Waals surface area contributed by atoms with Crippen LogP contribution in [-0.2, 0) is 17.7 Å². The molecular weight excluding hydrogens is 406 g/mol. The van der Waals surface area contributed by atoms with Crippen LogP contribution in [0.15, 0.2) is 59.7 Å². The van der Waals surface area contributed by atoms with Gasteiger partial charge in [-0.3, -0.25) is 14.6 Å². The van der Waals surface area contributed by atoms with Crippen molar-refractivity contribution in [3.8, 4) is 0 Å². The standard InChI is InChI=1S/C25H21N3O4/c1-2-32-25(31)20-13-27-22-19(23(20)29)8-7-16-11-18(12-26-21(16)22)24(30)28-10-9-15-5-3-4-6-17(15)14-28/h3-8,11-13H,2,9-10,14H2,1H3,(H,27,29). The molecule has 0 spiro atoms. The Hall–Kier alpha value is -4.00. The van der Waals surface area contributed by atoms with Crippen molar-refractivity contribution in [2.75, 3.05) is 13.2 Å². The Labute approximate surface area is 183 Å². The number of esters is 1. The van der Waals surface area contributed by atoms with Gasteiger partial charge in [0.25, 0.3) is 5.91 Å². The Bertz CT molecular complexity index is 1440. The molecule has 0 fully saturated rings. The van der Waals surface area contributed by atoms with Gasteiger partial charge in [0, 0.05) is 36.3 Å². The molecule has 1 aliphatic rings. The maximum absolute atomic E-state index is 13.1. The summed E-state index contributed by atoms with van der Waals surface area (Å²) in [7, 11) is 0. The van der Waals surface area contributed by atoms with Crippen molar-refractivity contribution in [1.82, 2.24) is 14.9 Å². The predicted octanol–water partition coefficient (Wildman–Crippen LogP) is 3.45. The number of carbonyl (C=O) groups is 2. The number of H-pyrrole nitrogens is 1. The highest BCUT2D eigenvalue weighted by molar-refractivity contribution is 6.06. The highest BCUT2D eigenvalue weighted by atomic mass is 16.5. The largest absolute Gasteiger partial charge is 0.462 e. The number of carbonyl (C=O) groups excluding carboxylic acids is 2. The smallest absolute Gasteiger partial charge is 0.343 e. The molecule has 0 unspecified atom stereocenters. The first-order valence-corrected chi connectivity index (χ1v) is 10.5. The maximum Gasteiger partial charge on any atom is 0.343 e. The number of fused-ring (bicyclic) bond motifs is 4. The first-order chi connectivity index (χ1) is 15.6. The first-order valence-electron chi connectivity index (χ1n) is 10.5. The molecule has 1 aliphatic heterocycles. The van der Waals surface area contributed by atoms with Crippen LogP contribution in [-0.4, -0.2) is 39.9 Å². The minimum absolute atomic E-state index is 0.0455. The maximum atomic E-state index is 13.1. The van der Waals surface area contributed by atoms with Crippen molar-refractivity contribution in [3.63, 3.8) is 0 Å². The fraction of sp³-hybridized carbons (Fsp3) is 0.200. The molecule has 7 nitrogen and oxygen atoms in total. The van der Waals surface area contributed by atoms with E-state index in [-0.39, 0.29) is 18.1 Å². The second-order valence-electron chi connectivity index (χ2n) is 7.78. The molecule has 0 saturated carbocycles. The Balaban J connectivity index is 1.50. The molecule has 7 heteroatoms. The fourth-order valence-electron chi connectivity index (χ4n) is 4.22. The summed E-state index contributed by atoms with van der Waals surface area (Å²) in [4.78, 5) is 47.2. The number of benzene rings is 2. The zero-order valence-electron chi connectivity index (χ0n) is 17.6. The molecule has 2 aromatic carbocycles. The SMILES string of the molecule is CCOC(=O)c1c[nH]c2c(ccc3cc(C(=O)N4CCc5ccccc5C4)cnc32)c1=O. The number of ether oxygens (including phenoxy) is 1. The summed E-state index contributed by atoms with van der Waals surface area (Å²) in [5.74, 6) is -0.729. The second-order valence-corrected chi connectivity index (χ2v) is 7.78. The summed E-state index contributed by atoms with van der Waals surface area (Å²) in [6, 6.07) is 13.4. The third-order valence-corrected chi connectivity index (χ3v) is 5.86. The molecule has 3 heterocycles. The zero-order valence-corrected chi connectivity index (χ0v) is 17.6.